The lowest BCUT2D eigenvalue weighted by Gasteiger charge is -2.19. The van der Waals surface area contributed by atoms with Crippen molar-refractivity contribution in [3.05, 3.63) is 52.5 Å². The van der Waals surface area contributed by atoms with Crippen LogP contribution in [0.4, 0.5) is 13.2 Å². The van der Waals surface area contributed by atoms with Gasteiger partial charge < -0.3 is 14.6 Å². The minimum absolute atomic E-state index is 0.228. The Hall–Kier alpha value is -2.25. The van der Waals surface area contributed by atoms with Gasteiger partial charge in [0.2, 0.25) is 0 Å². The minimum atomic E-state index is -4.45. The molecule has 0 aromatic heterocycles. The molecular weight excluding hydrogens is 421 g/mol. The molecule has 2 aromatic rings. The third-order valence-corrected chi connectivity index (χ3v) is 5.34. The molecule has 1 aliphatic rings. The number of carboxylic acids is 1. The number of methoxy groups -OCH3 is 1. The van der Waals surface area contributed by atoms with Gasteiger partial charge in [0.1, 0.15) is 5.75 Å². The van der Waals surface area contributed by atoms with Crippen LogP contribution in [0.3, 0.4) is 0 Å². The van der Waals surface area contributed by atoms with Crippen LogP contribution in [0, 0.1) is 5.92 Å². The molecule has 162 valence electrons. The van der Waals surface area contributed by atoms with Crippen LogP contribution >= 0.6 is 11.6 Å². The Morgan fingerprint density at radius 2 is 1.90 bits per heavy atom. The zero-order valence-electron chi connectivity index (χ0n) is 16.3. The third-order valence-electron chi connectivity index (χ3n) is 5.06. The molecule has 8 heteroatoms. The van der Waals surface area contributed by atoms with E-state index in [1.807, 2.05) is 0 Å². The van der Waals surface area contributed by atoms with Crippen molar-refractivity contribution in [2.45, 2.75) is 31.4 Å². The van der Waals surface area contributed by atoms with E-state index in [2.05, 4.69) is 0 Å². The molecule has 0 bridgehead atoms. The molecule has 30 heavy (non-hydrogen) atoms. The Morgan fingerprint density at radius 3 is 2.43 bits per heavy atom. The maximum atomic E-state index is 12.9. The second kappa shape index (κ2) is 9.27. The summed E-state index contributed by atoms with van der Waals surface area (Å²) >= 11 is 6.45. The fourth-order valence-corrected chi connectivity index (χ4v) is 3.45. The van der Waals surface area contributed by atoms with Gasteiger partial charge in [-0.05, 0) is 60.6 Å². The lowest BCUT2D eigenvalue weighted by molar-refractivity contribution is -0.139. The molecule has 0 spiro atoms. The Labute approximate surface area is 177 Å². The Bertz CT molecular complexity index is 892. The summed E-state index contributed by atoms with van der Waals surface area (Å²) in [7, 11) is 1.48. The second-order valence-electron chi connectivity index (χ2n) is 7.38. The van der Waals surface area contributed by atoms with Crippen LogP contribution in [0.2, 0.25) is 5.02 Å². The van der Waals surface area contributed by atoms with Gasteiger partial charge in [-0.25, -0.2) is 0 Å². The van der Waals surface area contributed by atoms with E-state index in [9.17, 15) is 23.1 Å². The Kier molecular flexibility index (Phi) is 6.93. The molecule has 1 saturated carbocycles. The topological polar surface area (TPSA) is 55.8 Å². The van der Waals surface area contributed by atoms with Crippen molar-refractivity contribution in [3.8, 4) is 16.9 Å². The van der Waals surface area contributed by atoms with E-state index < -0.39 is 23.6 Å². The number of aliphatic carboxylic acids is 1. The number of alkyl halides is 3. The first-order valence-corrected chi connectivity index (χ1v) is 9.94. The zero-order valence-corrected chi connectivity index (χ0v) is 17.1. The van der Waals surface area contributed by atoms with Crippen LogP contribution in [-0.2, 0) is 15.7 Å². The van der Waals surface area contributed by atoms with Crippen molar-refractivity contribution in [2.75, 3.05) is 20.3 Å². The van der Waals surface area contributed by atoms with E-state index >= 15 is 0 Å². The summed E-state index contributed by atoms with van der Waals surface area (Å²) in [6.07, 6.45) is -2.10. The number of carboxylic acid groups (broad SMARTS) is 1. The molecule has 0 heterocycles. The van der Waals surface area contributed by atoms with E-state index in [4.69, 9.17) is 21.1 Å². The van der Waals surface area contributed by atoms with Gasteiger partial charge in [-0.2, -0.15) is 13.2 Å². The van der Waals surface area contributed by atoms with E-state index in [-0.39, 0.29) is 18.1 Å². The number of hydrogen-bond acceptors (Lipinski definition) is 3. The first-order chi connectivity index (χ1) is 14.2. The molecule has 1 fully saturated rings. The fraction of sp³-hybridized carbons (Fsp3) is 0.409. The van der Waals surface area contributed by atoms with Gasteiger partial charge in [-0.15, -0.1) is 0 Å². The highest BCUT2D eigenvalue weighted by Gasteiger charge is 2.30. The van der Waals surface area contributed by atoms with Crippen molar-refractivity contribution in [1.82, 2.24) is 0 Å². The first-order valence-electron chi connectivity index (χ1n) is 9.56. The normalized spacial score (nSPS) is 15.1. The second-order valence-corrected chi connectivity index (χ2v) is 7.79. The average molecular weight is 443 g/mol. The van der Waals surface area contributed by atoms with Crippen molar-refractivity contribution in [3.63, 3.8) is 0 Å². The van der Waals surface area contributed by atoms with Gasteiger partial charge >= 0.3 is 12.1 Å². The fourth-order valence-electron chi connectivity index (χ4n) is 3.17. The minimum Gasteiger partial charge on any atom is -0.491 e. The quantitative estimate of drug-likeness (QED) is 0.516. The first kappa shape index (κ1) is 22.4. The van der Waals surface area contributed by atoms with Crippen LogP contribution in [0.5, 0.6) is 5.75 Å². The molecule has 4 nitrogen and oxygen atoms in total. The highest BCUT2D eigenvalue weighted by Crippen LogP contribution is 2.42. The highest BCUT2D eigenvalue weighted by atomic mass is 35.5. The maximum Gasteiger partial charge on any atom is 0.416 e. The smallest absolute Gasteiger partial charge is 0.416 e. The van der Waals surface area contributed by atoms with Crippen molar-refractivity contribution in [2.24, 2.45) is 5.92 Å². The molecule has 1 unspecified atom stereocenters. The summed E-state index contributed by atoms with van der Waals surface area (Å²) in [6, 6.07) is 7.83. The summed E-state index contributed by atoms with van der Waals surface area (Å²) in [5.41, 5.74) is 0.611. The number of carbonyl (C=O) groups is 1. The third kappa shape index (κ3) is 5.46. The van der Waals surface area contributed by atoms with Gasteiger partial charge in [0.25, 0.3) is 0 Å². The largest absolute Gasteiger partial charge is 0.491 e. The lowest BCUT2D eigenvalue weighted by Crippen LogP contribution is -2.14. The molecule has 3 rings (SSSR count). The van der Waals surface area contributed by atoms with Crippen molar-refractivity contribution < 1.29 is 32.5 Å². The molecular formula is C22H22ClF3O4. The van der Waals surface area contributed by atoms with Crippen LogP contribution in [0.1, 0.15) is 36.3 Å². The molecule has 0 aliphatic heterocycles. The molecule has 0 radical (unpaired) electrons. The molecule has 1 N–H and O–H groups in total. The highest BCUT2D eigenvalue weighted by molar-refractivity contribution is 6.32. The Morgan fingerprint density at radius 1 is 1.23 bits per heavy atom. The Balaban J connectivity index is 2.04. The van der Waals surface area contributed by atoms with E-state index in [0.29, 0.717) is 35.0 Å². The van der Waals surface area contributed by atoms with Gasteiger partial charge in [0.15, 0.2) is 0 Å². The lowest BCUT2D eigenvalue weighted by atomic mass is 9.92. The van der Waals surface area contributed by atoms with Gasteiger partial charge in [-0.1, -0.05) is 23.7 Å². The molecule has 0 amide bonds. The van der Waals surface area contributed by atoms with E-state index in [0.717, 1.165) is 25.0 Å². The monoisotopic (exact) mass is 442 g/mol. The van der Waals surface area contributed by atoms with Gasteiger partial charge in [0, 0.05) is 19.3 Å². The standard InChI is InChI=1S/C22H22ClF3O4/c1-29-9-8-17(21(27)28)15-10-18(14-4-6-16(7-5-14)22(24,25)26)20(19(23)11-15)30-12-13-2-3-13/h4-7,10-11,13,17H,2-3,8-9,12H2,1H3,(H,27,28). The zero-order chi connectivity index (χ0) is 21.9. The number of halogens is 4. The number of hydrogen-bond donors (Lipinski definition) is 1. The van der Waals surface area contributed by atoms with E-state index in [1.54, 1.807) is 12.1 Å². The average Bonchev–Trinajstić information content (AvgIpc) is 3.51. The molecule has 1 atom stereocenters. The summed E-state index contributed by atoms with van der Waals surface area (Å²) in [5, 5.41) is 9.86. The number of ether oxygens (including phenoxy) is 2. The van der Waals surface area contributed by atoms with Gasteiger partial charge in [-0.3, -0.25) is 4.79 Å². The molecule has 2 aromatic carbocycles. The van der Waals surface area contributed by atoms with Gasteiger partial charge in [0.05, 0.1) is 23.1 Å². The summed E-state index contributed by atoms with van der Waals surface area (Å²) < 4.78 is 49.7. The van der Waals surface area contributed by atoms with Crippen LogP contribution in [0.15, 0.2) is 36.4 Å². The van der Waals surface area contributed by atoms with Crippen LogP contribution in [0.25, 0.3) is 11.1 Å². The predicted octanol–water partition coefficient (Wildman–Crippen LogP) is 6.02. The number of rotatable bonds is 9. The summed E-state index contributed by atoms with van der Waals surface area (Å²) in [5.74, 6) is -1.11. The van der Waals surface area contributed by atoms with Crippen molar-refractivity contribution >= 4 is 17.6 Å². The predicted molar refractivity (Wildman–Crippen MR) is 107 cm³/mol. The van der Waals surface area contributed by atoms with Crippen LogP contribution < -0.4 is 4.74 Å². The summed E-state index contributed by atoms with van der Waals surface area (Å²) in [4.78, 5) is 11.8. The number of benzene rings is 2. The van der Waals surface area contributed by atoms with E-state index in [1.165, 1.54) is 19.2 Å². The SMILES string of the molecule is COCCC(C(=O)O)c1cc(Cl)c(OCC2CC2)c(-c2ccc(C(F)(F)F)cc2)c1. The molecule has 0 saturated heterocycles. The van der Waals surface area contributed by atoms with Crippen LogP contribution in [-0.4, -0.2) is 31.4 Å². The molecule has 1 aliphatic carbocycles. The maximum absolute atomic E-state index is 12.9. The van der Waals surface area contributed by atoms with Crippen molar-refractivity contribution in [1.29, 1.82) is 0 Å². The summed E-state index contributed by atoms with van der Waals surface area (Å²) in [6.45, 7) is 0.697.